The van der Waals surface area contributed by atoms with Crippen molar-refractivity contribution in [1.29, 1.82) is 0 Å². The van der Waals surface area contributed by atoms with Gasteiger partial charge in [-0.3, -0.25) is 0 Å². The molecule has 0 spiro atoms. The lowest BCUT2D eigenvalue weighted by Crippen LogP contribution is -2.28. The molecule has 1 aliphatic heterocycles. The average molecular weight is 263 g/mol. The molecule has 0 amide bonds. The Hall–Kier alpha value is -1.26. The third-order valence-corrected chi connectivity index (χ3v) is 4.37. The van der Waals surface area contributed by atoms with E-state index >= 15 is 0 Å². The van der Waals surface area contributed by atoms with E-state index in [4.69, 9.17) is 15.2 Å². The maximum atomic E-state index is 9.58. The van der Waals surface area contributed by atoms with Crippen molar-refractivity contribution in [2.24, 2.45) is 11.7 Å². The Bertz CT molecular complexity index is 467. The molecule has 1 aromatic rings. The van der Waals surface area contributed by atoms with Gasteiger partial charge in [0, 0.05) is 6.04 Å². The predicted octanol–water partition coefficient (Wildman–Crippen LogP) is 2.27. The molecule has 1 fully saturated rings. The van der Waals surface area contributed by atoms with Gasteiger partial charge in [-0.1, -0.05) is 0 Å². The van der Waals surface area contributed by atoms with Crippen LogP contribution in [0, 0.1) is 12.8 Å². The Morgan fingerprint density at radius 1 is 1.16 bits per heavy atom. The zero-order valence-corrected chi connectivity index (χ0v) is 11.3. The molecule has 4 nitrogen and oxygen atoms in total. The smallest absolute Gasteiger partial charge is 0.231 e. The summed E-state index contributed by atoms with van der Waals surface area (Å²) in [4.78, 5) is 0. The van der Waals surface area contributed by atoms with Gasteiger partial charge in [0.25, 0.3) is 0 Å². The van der Waals surface area contributed by atoms with Gasteiger partial charge >= 0.3 is 0 Å². The summed E-state index contributed by atoms with van der Waals surface area (Å²) in [7, 11) is 0. The molecular formula is C15H21NO3. The fourth-order valence-electron chi connectivity index (χ4n) is 3.13. The van der Waals surface area contributed by atoms with Crippen LogP contribution < -0.4 is 15.2 Å². The van der Waals surface area contributed by atoms with Crippen molar-refractivity contribution in [3.05, 3.63) is 23.3 Å². The van der Waals surface area contributed by atoms with Crippen LogP contribution in [0.2, 0.25) is 0 Å². The number of rotatable bonds is 2. The zero-order valence-electron chi connectivity index (χ0n) is 11.3. The topological polar surface area (TPSA) is 64.7 Å². The minimum absolute atomic E-state index is 0.0157. The van der Waals surface area contributed by atoms with Crippen molar-refractivity contribution in [2.75, 3.05) is 6.79 Å². The minimum atomic E-state index is -0.138. The molecule has 19 heavy (non-hydrogen) atoms. The number of nitrogens with two attached hydrogens (primary N) is 1. The maximum absolute atomic E-state index is 9.58. The molecule has 4 heteroatoms. The number of aliphatic hydroxyl groups excluding tert-OH is 1. The van der Waals surface area contributed by atoms with Crippen LogP contribution in [0.3, 0.4) is 0 Å². The first-order valence-electron chi connectivity index (χ1n) is 6.99. The highest BCUT2D eigenvalue weighted by atomic mass is 16.7. The van der Waals surface area contributed by atoms with E-state index in [-0.39, 0.29) is 12.1 Å². The molecule has 104 valence electrons. The SMILES string of the molecule is Cc1cc2c(cc1C(N)C1CCC(O)CC1)OCO2. The van der Waals surface area contributed by atoms with E-state index in [1.165, 1.54) is 0 Å². The van der Waals surface area contributed by atoms with Crippen LogP contribution >= 0.6 is 0 Å². The molecule has 0 saturated heterocycles. The molecule has 1 atom stereocenters. The first-order valence-corrected chi connectivity index (χ1v) is 6.99. The van der Waals surface area contributed by atoms with Crippen LogP contribution in [0.25, 0.3) is 0 Å². The summed E-state index contributed by atoms with van der Waals surface area (Å²) in [6.07, 6.45) is 3.58. The van der Waals surface area contributed by atoms with E-state index in [0.29, 0.717) is 12.7 Å². The Balaban J connectivity index is 1.81. The quantitative estimate of drug-likeness (QED) is 0.859. The molecule has 1 heterocycles. The number of ether oxygens (including phenoxy) is 2. The van der Waals surface area contributed by atoms with Crippen molar-refractivity contribution < 1.29 is 14.6 Å². The van der Waals surface area contributed by atoms with E-state index in [1.807, 2.05) is 12.1 Å². The van der Waals surface area contributed by atoms with Gasteiger partial charge in [-0.2, -0.15) is 0 Å². The van der Waals surface area contributed by atoms with Crippen molar-refractivity contribution in [3.8, 4) is 11.5 Å². The number of aryl methyl sites for hydroxylation is 1. The first kappa shape index (κ1) is 12.8. The van der Waals surface area contributed by atoms with E-state index < -0.39 is 0 Å². The Morgan fingerprint density at radius 2 is 1.79 bits per heavy atom. The van der Waals surface area contributed by atoms with Crippen LogP contribution in [-0.2, 0) is 0 Å². The molecular weight excluding hydrogens is 242 g/mol. The van der Waals surface area contributed by atoms with Crippen LogP contribution in [-0.4, -0.2) is 18.0 Å². The second-order valence-electron chi connectivity index (χ2n) is 5.66. The molecule has 0 aromatic heterocycles. The normalized spacial score (nSPS) is 27.3. The lowest BCUT2D eigenvalue weighted by atomic mass is 9.79. The van der Waals surface area contributed by atoms with Crippen molar-refractivity contribution >= 4 is 0 Å². The van der Waals surface area contributed by atoms with Gasteiger partial charge in [0.1, 0.15) is 0 Å². The van der Waals surface area contributed by atoms with Crippen LogP contribution in [0.15, 0.2) is 12.1 Å². The molecule has 1 saturated carbocycles. The van der Waals surface area contributed by atoms with Crippen molar-refractivity contribution in [1.82, 2.24) is 0 Å². The fourth-order valence-corrected chi connectivity index (χ4v) is 3.13. The summed E-state index contributed by atoms with van der Waals surface area (Å²) >= 11 is 0. The molecule has 1 aromatic carbocycles. The van der Waals surface area contributed by atoms with Gasteiger partial charge in [-0.25, -0.2) is 0 Å². The summed E-state index contributed by atoms with van der Waals surface area (Å²) in [5.74, 6) is 2.06. The number of benzene rings is 1. The molecule has 1 aliphatic carbocycles. The molecule has 3 rings (SSSR count). The molecule has 0 radical (unpaired) electrons. The van der Waals surface area contributed by atoms with Gasteiger partial charge in [0.15, 0.2) is 11.5 Å². The van der Waals surface area contributed by atoms with Crippen molar-refractivity contribution in [2.45, 2.75) is 44.8 Å². The minimum Gasteiger partial charge on any atom is -0.454 e. The highest BCUT2D eigenvalue weighted by Crippen LogP contribution is 2.40. The predicted molar refractivity (Wildman–Crippen MR) is 72.2 cm³/mol. The van der Waals surface area contributed by atoms with Crippen LogP contribution in [0.4, 0.5) is 0 Å². The number of fused-ring (bicyclic) bond motifs is 1. The van der Waals surface area contributed by atoms with E-state index in [9.17, 15) is 5.11 Å². The summed E-state index contributed by atoms with van der Waals surface area (Å²) in [5, 5.41) is 9.58. The van der Waals surface area contributed by atoms with Crippen LogP contribution in [0.5, 0.6) is 11.5 Å². The van der Waals surface area contributed by atoms with E-state index in [2.05, 4.69) is 6.92 Å². The monoisotopic (exact) mass is 263 g/mol. The van der Waals surface area contributed by atoms with Crippen molar-refractivity contribution in [3.63, 3.8) is 0 Å². The molecule has 1 unspecified atom stereocenters. The fraction of sp³-hybridized carbons (Fsp3) is 0.600. The molecule has 0 bridgehead atoms. The maximum Gasteiger partial charge on any atom is 0.231 e. The lowest BCUT2D eigenvalue weighted by molar-refractivity contribution is 0.102. The third-order valence-electron chi connectivity index (χ3n) is 4.37. The number of hydrogen-bond donors (Lipinski definition) is 2. The van der Waals surface area contributed by atoms with E-state index in [0.717, 1.165) is 48.3 Å². The summed E-state index contributed by atoms with van der Waals surface area (Å²) in [6, 6.07) is 4.05. The van der Waals surface area contributed by atoms with Gasteiger partial charge in [-0.05, 0) is 61.8 Å². The average Bonchev–Trinajstić information content (AvgIpc) is 2.85. The number of hydrogen-bond acceptors (Lipinski definition) is 4. The largest absolute Gasteiger partial charge is 0.454 e. The molecule has 3 N–H and O–H groups in total. The second kappa shape index (κ2) is 5.02. The standard InChI is InChI=1S/C15H21NO3/c1-9-6-13-14(19-8-18-13)7-12(9)15(16)10-2-4-11(17)5-3-10/h6-7,10-11,15,17H,2-5,8,16H2,1H3. The second-order valence-corrected chi connectivity index (χ2v) is 5.66. The molecule has 2 aliphatic rings. The first-order chi connectivity index (χ1) is 9.15. The Labute approximate surface area is 113 Å². The summed E-state index contributed by atoms with van der Waals surface area (Å²) in [6.45, 7) is 2.36. The lowest BCUT2D eigenvalue weighted by Gasteiger charge is -2.31. The third kappa shape index (κ3) is 2.42. The Morgan fingerprint density at radius 3 is 2.47 bits per heavy atom. The van der Waals surface area contributed by atoms with Gasteiger partial charge in [0.2, 0.25) is 6.79 Å². The van der Waals surface area contributed by atoms with Crippen LogP contribution in [0.1, 0.15) is 42.9 Å². The highest BCUT2D eigenvalue weighted by molar-refractivity contribution is 5.49. The zero-order chi connectivity index (χ0) is 13.4. The summed E-state index contributed by atoms with van der Waals surface area (Å²) in [5.41, 5.74) is 8.73. The van der Waals surface area contributed by atoms with Gasteiger partial charge in [0.05, 0.1) is 6.10 Å². The van der Waals surface area contributed by atoms with Gasteiger partial charge in [-0.15, -0.1) is 0 Å². The van der Waals surface area contributed by atoms with Gasteiger partial charge < -0.3 is 20.3 Å². The number of aliphatic hydroxyl groups is 1. The van der Waals surface area contributed by atoms with E-state index in [1.54, 1.807) is 0 Å². The Kier molecular flexibility index (Phi) is 3.37. The highest BCUT2D eigenvalue weighted by Gasteiger charge is 2.27. The summed E-state index contributed by atoms with van der Waals surface area (Å²) < 4.78 is 10.8.